The zero-order chi connectivity index (χ0) is 13.9. The highest BCUT2D eigenvalue weighted by Crippen LogP contribution is 2.34. The van der Waals surface area contributed by atoms with Gasteiger partial charge in [-0.2, -0.15) is 10.1 Å². The Morgan fingerprint density at radius 3 is 2.68 bits per heavy atom. The van der Waals surface area contributed by atoms with Gasteiger partial charge >= 0.3 is 6.03 Å². The first-order chi connectivity index (χ1) is 9.10. The summed E-state index contributed by atoms with van der Waals surface area (Å²) >= 11 is 0. The summed E-state index contributed by atoms with van der Waals surface area (Å²) in [6.07, 6.45) is 4.03. The van der Waals surface area contributed by atoms with Crippen molar-refractivity contribution in [3.8, 4) is 0 Å². The predicted octanol–water partition coefficient (Wildman–Crippen LogP) is 0.831. The van der Waals surface area contributed by atoms with Crippen molar-refractivity contribution < 1.29 is 9.90 Å². The lowest BCUT2D eigenvalue weighted by Crippen LogP contribution is -2.46. The molecule has 19 heavy (non-hydrogen) atoms. The van der Waals surface area contributed by atoms with Gasteiger partial charge in [-0.25, -0.2) is 9.48 Å². The summed E-state index contributed by atoms with van der Waals surface area (Å²) in [7, 11) is 1.73. The molecular weight excluding hydrogens is 246 g/mol. The molecule has 1 aromatic heterocycles. The Balaban J connectivity index is 1.91. The smallest absolute Gasteiger partial charge is 0.324 e. The molecular formula is C12H21N5O2. The second-order valence-electron chi connectivity index (χ2n) is 5.14. The van der Waals surface area contributed by atoms with E-state index in [0.717, 1.165) is 19.3 Å². The van der Waals surface area contributed by atoms with Crippen LogP contribution in [0.4, 0.5) is 10.7 Å². The Bertz CT molecular complexity index is 431. The van der Waals surface area contributed by atoms with Gasteiger partial charge in [-0.15, -0.1) is 0 Å². The molecule has 1 aliphatic heterocycles. The monoisotopic (exact) mass is 267 g/mol. The number of piperidine rings is 1. The average molecular weight is 267 g/mol. The van der Waals surface area contributed by atoms with Gasteiger partial charge in [0.2, 0.25) is 5.95 Å². The summed E-state index contributed by atoms with van der Waals surface area (Å²) in [6, 6.07) is -0.154. The number of carbonyl (C=O) groups is 1. The topological polar surface area (TPSA) is 83.3 Å². The number of nitrogens with one attached hydrogen (secondary N) is 1. The van der Waals surface area contributed by atoms with E-state index >= 15 is 0 Å². The third kappa shape index (κ3) is 2.86. The molecule has 2 amide bonds. The summed E-state index contributed by atoms with van der Waals surface area (Å²) in [4.78, 5) is 17.8. The Hall–Kier alpha value is -1.63. The van der Waals surface area contributed by atoms with Gasteiger partial charge < -0.3 is 10.0 Å². The number of aromatic nitrogens is 3. The fourth-order valence-electron chi connectivity index (χ4n) is 2.39. The largest absolute Gasteiger partial charge is 0.396 e. The zero-order valence-electron chi connectivity index (χ0n) is 11.5. The van der Waals surface area contributed by atoms with Crippen LogP contribution >= 0.6 is 0 Å². The van der Waals surface area contributed by atoms with Crippen LogP contribution in [0.5, 0.6) is 0 Å². The molecule has 1 aliphatic rings. The van der Waals surface area contributed by atoms with Gasteiger partial charge in [0, 0.05) is 26.7 Å². The van der Waals surface area contributed by atoms with E-state index in [1.807, 2.05) is 0 Å². The summed E-state index contributed by atoms with van der Waals surface area (Å²) in [5, 5.41) is 16.1. The van der Waals surface area contributed by atoms with Crippen LogP contribution in [-0.2, 0) is 7.05 Å². The molecule has 2 rings (SSSR count). The number of urea groups is 1. The molecule has 2 N–H and O–H groups in total. The second kappa shape index (κ2) is 5.56. The quantitative estimate of drug-likeness (QED) is 0.849. The van der Waals surface area contributed by atoms with Crippen LogP contribution in [0.3, 0.4) is 0 Å². The van der Waals surface area contributed by atoms with Crippen molar-refractivity contribution >= 4 is 12.0 Å². The molecule has 0 aliphatic carbocycles. The fraction of sp³-hybridized carbons (Fsp3) is 0.750. The van der Waals surface area contributed by atoms with Crippen molar-refractivity contribution in [2.24, 2.45) is 12.5 Å². The van der Waals surface area contributed by atoms with Gasteiger partial charge in [-0.05, 0) is 24.7 Å². The van der Waals surface area contributed by atoms with Crippen LogP contribution in [0.2, 0.25) is 0 Å². The SMILES string of the molecule is CCC1(CO)CCN(C(=O)Nc2ncnn2C)CC1. The van der Waals surface area contributed by atoms with Gasteiger partial charge in [0.25, 0.3) is 0 Å². The number of aryl methyl sites for hydroxylation is 1. The maximum Gasteiger partial charge on any atom is 0.324 e. The van der Waals surface area contributed by atoms with Gasteiger partial charge in [-0.1, -0.05) is 6.92 Å². The Morgan fingerprint density at radius 1 is 1.53 bits per heavy atom. The third-order valence-corrected chi connectivity index (χ3v) is 4.13. The van der Waals surface area contributed by atoms with E-state index in [4.69, 9.17) is 0 Å². The van der Waals surface area contributed by atoms with Crippen LogP contribution < -0.4 is 5.32 Å². The van der Waals surface area contributed by atoms with Crippen molar-refractivity contribution in [1.29, 1.82) is 0 Å². The molecule has 0 bridgehead atoms. The van der Waals surface area contributed by atoms with Crippen molar-refractivity contribution in [2.75, 3.05) is 25.0 Å². The van der Waals surface area contributed by atoms with E-state index in [0.29, 0.717) is 19.0 Å². The third-order valence-electron chi connectivity index (χ3n) is 4.13. The number of hydrogen-bond donors (Lipinski definition) is 2. The Morgan fingerprint density at radius 2 is 2.21 bits per heavy atom. The minimum atomic E-state index is -0.154. The van der Waals surface area contributed by atoms with E-state index < -0.39 is 0 Å². The van der Waals surface area contributed by atoms with Crippen LogP contribution in [0.1, 0.15) is 26.2 Å². The summed E-state index contributed by atoms with van der Waals surface area (Å²) in [5.74, 6) is 0.444. The summed E-state index contributed by atoms with van der Waals surface area (Å²) in [6.45, 7) is 3.62. The number of rotatable bonds is 3. The summed E-state index contributed by atoms with van der Waals surface area (Å²) < 4.78 is 1.52. The minimum Gasteiger partial charge on any atom is -0.396 e. The Kier molecular flexibility index (Phi) is 4.04. The zero-order valence-corrected chi connectivity index (χ0v) is 11.5. The molecule has 1 fully saturated rings. The van der Waals surface area contributed by atoms with E-state index in [2.05, 4.69) is 22.3 Å². The number of aliphatic hydroxyl groups excluding tert-OH is 1. The number of nitrogens with zero attached hydrogens (tertiary/aromatic N) is 4. The van der Waals surface area contributed by atoms with Crippen LogP contribution in [-0.4, -0.2) is 50.5 Å². The lowest BCUT2D eigenvalue weighted by molar-refractivity contribution is 0.0541. The Labute approximate surface area is 112 Å². The molecule has 0 spiro atoms. The molecule has 106 valence electrons. The molecule has 7 heteroatoms. The number of amides is 2. The summed E-state index contributed by atoms with van der Waals surface area (Å²) in [5.41, 5.74) is -0.0123. The maximum atomic E-state index is 12.1. The normalized spacial score (nSPS) is 18.4. The highest BCUT2D eigenvalue weighted by Gasteiger charge is 2.34. The molecule has 7 nitrogen and oxygen atoms in total. The number of carbonyl (C=O) groups excluding carboxylic acids is 1. The standard InChI is InChI=1S/C12H21N5O2/c1-3-12(8-18)4-6-17(7-5-12)11(19)15-10-13-9-14-16(10)2/h9,18H,3-8H2,1-2H3,(H,13,14,15,19). The molecule has 2 heterocycles. The maximum absolute atomic E-state index is 12.1. The van der Waals surface area contributed by atoms with Gasteiger partial charge in [0.1, 0.15) is 6.33 Å². The minimum absolute atomic E-state index is 0.0123. The first-order valence-corrected chi connectivity index (χ1v) is 6.61. The predicted molar refractivity (Wildman–Crippen MR) is 70.6 cm³/mol. The van der Waals surface area contributed by atoms with Gasteiger partial charge in [-0.3, -0.25) is 5.32 Å². The van der Waals surface area contributed by atoms with Crippen LogP contribution in [0, 0.1) is 5.41 Å². The molecule has 0 unspecified atom stereocenters. The van der Waals surface area contributed by atoms with E-state index in [1.165, 1.54) is 11.0 Å². The fourth-order valence-corrected chi connectivity index (χ4v) is 2.39. The lowest BCUT2D eigenvalue weighted by atomic mass is 9.77. The molecule has 0 saturated carbocycles. The van der Waals surface area contributed by atoms with Crippen molar-refractivity contribution in [3.63, 3.8) is 0 Å². The van der Waals surface area contributed by atoms with Crippen LogP contribution in [0.25, 0.3) is 0 Å². The van der Waals surface area contributed by atoms with E-state index in [1.54, 1.807) is 11.9 Å². The molecule has 1 saturated heterocycles. The molecule has 0 radical (unpaired) electrons. The van der Waals surface area contributed by atoms with Crippen molar-refractivity contribution in [1.82, 2.24) is 19.7 Å². The number of aliphatic hydroxyl groups is 1. The van der Waals surface area contributed by atoms with Crippen LogP contribution in [0.15, 0.2) is 6.33 Å². The number of anilines is 1. The van der Waals surface area contributed by atoms with E-state index in [-0.39, 0.29) is 18.1 Å². The van der Waals surface area contributed by atoms with E-state index in [9.17, 15) is 9.90 Å². The highest BCUT2D eigenvalue weighted by molar-refractivity contribution is 5.87. The number of likely N-dealkylation sites (tertiary alicyclic amines) is 1. The van der Waals surface area contributed by atoms with Gasteiger partial charge in [0.05, 0.1) is 0 Å². The number of hydrogen-bond acceptors (Lipinski definition) is 4. The molecule has 0 aromatic carbocycles. The molecule has 0 atom stereocenters. The first-order valence-electron chi connectivity index (χ1n) is 6.61. The lowest BCUT2D eigenvalue weighted by Gasteiger charge is -2.40. The second-order valence-corrected chi connectivity index (χ2v) is 5.14. The van der Waals surface area contributed by atoms with Gasteiger partial charge in [0.15, 0.2) is 0 Å². The first kappa shape index (κ1) is 13.8. The van der Waals surface area contributed by atoms with Crippen molar-refractivity contribution in [2.45, 2.75) is 26.2 Å². The molecule has 1 aromatic rings. The van der Waals surface area contributed by atoms with Crippen molar-refractivity contribution in [3.05, 3.63) is 6.33 Å². The average Bonchev–Trinajstić information content (AvgIpc) is 2.84. The highest BCUT2D eigenvalue weighted by atomic mass is 16.3.